The maximum atomic E-state index is 11.5. The van der Waals surface area contributed by atoms with Crippen LogP contribution in [0, 0.1) is 0 Å². The molecule has 0 aliphatic rings. The van der Waals surface area contributed by atoms with Crippen LogP contribution in [0.15, 0.2) is 0 Å². The van der Waals surface area contributed by atoms with Crippen LogP contribution in [-0.4, -0.2) is 10.1 Å². The van der Waals surface area contributed by atoms with E-state index in [4.69, 9.17) is 0 Å². The predicted molar refractivity (Wildman–Crippen MR) is 29.5 cm³/mol. The van der Waals surface area contributed by atoms with Crippen LogP contribution in [0.5, 0.6) is 0 Å². The molecule has 0 aromatic rings. The Hall–Kier alpha value is 0.520. The Morgan fingerprint density at radius 3 is 1.71 bits per heavy atom. The van der Waals surface area contributed by atoms with Crippen molar-refractivity contribution in [1.29, 1.82) is 0 Å². The van der Waals surface area contributed by atoms with Gasteiger partial charge in [0.2, 0.25) is 4.18 Å². The summed E-state index contributed by atoms with van der Waals surface area (Å²) < 4.78 is 32.3. The molecule has 44 valence electrons. The molecule has 0 aliphatic heterocycles. The molecular weight excluding hydrogens is 220 g/mol. The Bertz CT molecular complexity index is 55.7. The summed E-state index contributed by atoms with van der Waals surface area (Å²) in [5.74, 6) is -3.18. The Morgan fingerprint density at radius 2 is 1.71 bits per heavy atom. The van der Waals surface area contributed by atoms with E-state index >= 15 is 0 Å². The number of alkyl halides is 4. The first-order valence-electron chi connectivity index (χ1n) is 1.60. The summed E-state index contributed by atoms with van der Waals surface area (Å²) in [5.41, 5.74) is 0. The Kier molecular flexibility index (Phi) is 2.35. The summed E-state index contributed by atoms with van der Waals surface area (Å²) in [7, 11) is 0. The minimum Gasteiger partial charge on any atom is -0.229 e. The van der Waals surface area contributed by atoms with E-state index in [9.17, 15) is 13.2 Å². The molecule has 0 aliphatic carbocycles. The molecule has 0 rings (SSSR count). The third-order valence-electron chi connectivity index (χ3n) is 0.383. The van der Waals surface area contributed by atoms with Crippen molar-refractivity contribution in [2.24, 2.45) is 0 Å². The van der Waals surface area contributed by atoms with Crippen LogP contribution in [0.4, 0.5) is 13.2 Å². The molecule has 0 radical (unpaired) electrons. The van der Waals surface area contributed by atoms with Gasteiger partial charge in [0.15, 0.2) is 0 Å². The van der Waals surface area contributed by atoms with Gasteiger partial charge in [-0.15, -0.1) is 0 Å². The standard InChI is InChI=1S/C3H4F3I/c1-3(5,6)2(4)7/h2H,1H3. The average molecular weight is 224 g/mol. The predicted octanol–water partition coefficient (Wildman–Crippen LogP) is 2.37. The average Bonchev–Trinajstić information content (AvgIpc) is 1.31. The zero-order valence-corrected chi connectivity index (χ0v) is 5.75. The van der Waals surface area contributed by atoms with Gasteiger partial charge >= 0.3 is 0 Å². The van der Waals surface area contributed by atoms with Gasteiger partial charge in [0.05, 0.1) is 0 Å². The summed E-state index contributed by atoms with van der Waals surface area (Å²) in [6, 6.07) is 0. The molecule has 0 aromatic heterocycles. The van der Waals surface area contributed by atoms with Crippen LogP contribution < -0.4 is 0 Å². The quantitative estimate of drug-likeness (QED) is 0.473. The van der Waals surface area contributed by atoms with Gasteiger partial charge in [0.1, 0.15) is 0 Å². The first kappa shape index (κ1) is 7.52. The van der Waals surface area contributed by atoms with Crippen molar-refractivity contribution in [3.05, 3.63) is 0 Å². The highest BCUT2D eigenvalue weighted by Gasteiger charge is 2.31. The van der Waals surface area contributed by atoms with Crippen LogP contribution in [0.1, 0.15) is 6.92 Å². The number of hydrogen-bond donors (Lipinski definition) is 0. The number of hydrogen-bond acceptors (Lipinski definition) is 0. The van der Waals surface area contributed by atoms with Gasteiger partial charge in [0, 0.05) is 6.92 Å². The first-order chi connectivity index (χ1) is 2.94. The topological polar surface area (TPSA) is 0 Å². The molecule has 1 unspecified atom stereocenters. The van der Waals surface area contributed by atoms with Gasteiger partial charge in [-0.1, -0.05) is 0 Å². The molecule has 7 heavy (non-hydrogen) atoms. The normalized spacial score (nSPS) is 16.7. The fourth-order valence-corrected chi connectivity index (χ4v) is 0. The minimum atomic E-state index is -3.18. The van der Waals surface area contributed by atoms with Crippen LogP contribution >= 0.6 is 22.6 Å². The lowest BCUT2D eigenvalue weighted by Gasteiger charge is -2.07. The maximum Gasteiger partial charge on any atom is 0.285 e. The van der Waals surface area contributed by atoms with Gasteiger partial charge in [-0.3, -0.25) is 0 Å². The number of rotatable bonds is 1. The number of halogens is 4. The molecule has 0 bridgehead atoms. The molecule has 0 N–H and O–H groups in total. The van der Waals surface area contributed by atoms with Gasteiger partial charge in [-0.05, 0) is 22.6 Å². The lowest BCUT2D eigenvalue weighted by Crippen LogP contribution is -2.19. The van der Waals surface area contributed by atoms with Crippen molar-refractivity contribution in [2.45, 2.75) is 17.0 Å². The molecule has 0 saturated heterocycles. The first-order valence-corrected chi connectivity index (χ1v) is 2.85. The van der Waals surface area contributed by atoms with E-state index in [-0.39, 0.29) is 0 Å². The van der Waals surface area contributed by atoms with Crippen molar-refractivity contribution < 1.29 is 13.2 Å². The molecule has 4 heteroatoms. The second-order valence-corrected chi connectivity index (χ2v) is 2.35. The highest BCUT2D eigenvalue weighted by molar-refractivity contribution is 14.1. The largest absolute Gasteiger partial charge is 0.285 e. The zero-order valence-electron chi connectivity index (χ0n) is 3.59. The zero-order chi connectivity index (χ0) is 6.08. The smallest absolute Gasteiger partial charge is 0.229 e. The van der Waals surface area contributed by atoms with E-state index in [1.807, 2.05) is 0 Å². The molecule has 0 amide bonds. The fraction of sp³-hybridized carbons (Fsp3) is 1.00. The molecule has 0 nitrogen and oxygen atoms in total. The second-order valence-electron chi connectivity index (χ2n) is 1.26. The molecule has 0 saturated carbocycles. The fourth-order valence-electron chi connectivity index (χ4n) is 0. The van der Waals surface area contributed by atoms with E-state index in [0.29, 0.717) is 6.92 Å². The second kappa shape index (κ2) is 2.19. The molecular formula is C3H4F3I. The summed E-state index contributed by atoms with van der Waals surface area (Å²) >= 11 is 1.03. The van der Waals surface area contributed by atoms with E-state index in [2.05, 4.69) is 0 Å². The lowest BCUT2D eigenvalue weighted by molar-refractivity contribution is -0.0115. The van der Waals surface area contributed by atoms with Gasteiger partial charge in [-0.2, -0.15) is 0 Å². The lowest BCUT2D eigenvalue weighted by atomic mass is 10.4. The molecule has 0 aromatic carbocycles. The summed E-state index contributed by atoms with van der Waals surface area (Å²) in [6.07, 6.45) is 0. The van der Waals surface area contributed by atoms with Crippen molar-refractivity contribution in [3.63, 3.8) is 0 Å². The van der Waals surface area contributed by atoms with Crippen LogP contribution in [-0.2, 0) is 0 Å². The third-order valence-corrected chi connectivity index (χ3v) is 1.48. The van der Waals surface area contributed by atoms with E-state index in [0.717, 1.165) is 22.6 Å². The van der Waals surface area contributed by atoms with Crippen molar-refractivity contribution in [2.75, 3.05) is 0 Å². The van der Waals surface area contributed by atoms with E-state index in [1.54, 1.807) is 0 Å². The molecule has 0 spiro atoms. The highest BCUT2D eigenvalue weighted by atomic mass is 127. The summed E-state index contributed by atoms with van der Waals surface area (Å²) in [5, 5.41) is 0. The van der Waals surface area contributed by atoms with Crippen molar-refractivity contribution in [1.82, 2.24) is 0 Å². The van der Waals surface area contributed by atoms with Gasteiger partial charge < -0.3 is 0 Å². The van der Waals surface area contributed by atoms with Crippen molar-refractivity contribution >= 4 is 22.6 Å². The molecule has 0 heterocycles. The molecule has 0 fully saturated rings. The van der Waals surface area contributed by atoms with E-state index < -0.39 is 10.1 Å². The Labute approximate surface area is 53.2 Å². The van der Waals surface area contributed by atoms with Crippen LogP contribution in [0.25, 0.3) is 0 Å². The van der Waals surface area contributed by atoms with E-state index in [1.165, 1.54) is 0 Å². The molecule has 1 atom stereocenters. The summed E-state index contributed by atoms with van der Waals surface area (Å²) in [6.45, 7) is 0.546. The van der Waals surface area contributed by atoms with Crippen LogP contribution in [0.3, 0.4) is 0 Å². The Morgan fingerprint density at radius 1 is 1.57 bits per heavy atom. The Balaban J connectivity index is 3.54. The minimum absolute atomic E-state index is 0.546. The maximum absolute atomic E-state index is 11.5. The van der Waals surface area contributed by atoms with Crippen LogP contribution in [0.2, 0.25) is 0 Å². The monoisotopic (exact) mass is 224 g/mol. The van der Waals surface area contributed by atoms with Gasteiger partial charge in [0.25, 0.3) is 5.92 Å². The van der Waals surface area contributed by atoms with Gasteiger partial charge in [-0.25, -0.2) is 13.2 Å². The van der Waals surface area contributed by atoms with Crippen molar-refractivity contribution in [3.8, 4) is 0 Å². The third kappa shape index (κ3) is 3.13. The summed E-state index contributed by atoms with van der Waals surface area (Å²) in [4.78, 5) is 0. The highest BCUT2D eigenvalue weighted by Crippen LogP contribution is 2.24. The SMILES string of the molecule is CC(F)(F)C(F)I.